The van der Waals surface area contributed by atoms with Gasteiger partial charge in [-0.25, -0.2) is 0 Å². The van der Waals surface area contributed by atoms with E-state index in [9.17, 15) is 0 Å². The lowest BCUT2D eigenvalue weighted by Crippen LogP contribution is -2.11. The first-order valence-electron chi connectivity index (χ1n) is 15.7. The van der Waals surface area contributed by atoms with Crippen LogP contribution in [0, 0.1) is 0 Å². The van der Waals surface area contributed by atoms with Gasteiger partial charge >= 0.3 is 0 Å². The van der Waals surface area contributed by atoms with Crippen LogP contribution in [0.3, 0.4) is 0 Å². The van der Waals surface area contributed by atoms with E-state index in [1.54, 1.807) is 0 Å². The van der Waals surface area contributed by atoms with E-state index in [1.165, 1.54) is 32.7 Å². The van der Waals surface area contributed by atoms with Crippen LogP contribution in [0.5, 0.6) is 0 Å². The minimum atomic E-state index is 0.881. The molecule has 0 fully saturated rings. The van der Waals surface area contributed by atoms with Crippen molar-refractivity contribution in [2.24, 2.45) is 0 Å². The number of rotatable bonds is 5. The van der Waals surface area contributed by atoms with Crippen molar-refractivity contribution in [3.8, 4) is 22.3 Å². The highest BCUT2D eigenvalue weighted by Crippen LogP contribution is 2.46. The third kappa shape index (κ3) is 4.43. The molecule has 2 nitrogen and oxygen atoms in total. The van der Waals surface area contributed by atoms with Crippen LogP contribution in [0.4, 0.5) is 17.1 Å². The second kappa shape index (κ2) is 10.8. The molecule has 1 heterocycles. The lowest BCUT2D eigenvalue weighted by molar-refractivity contribution is 0.669. The number of nitrogens with zero attached hydrogens (tertiary/aromatic N) is 1. The smallest absolute Gasteiger partial charge is 0.136 e. The van der Waals surface area contributed by atoms with Gasteiger partial charge in [-0.2, -0.15) is 0 Å². The highest BCUT2D eigenvalue weighted by Gasteiger charge is 2.22. The van der Waals surface area contributed by atoms with Crippen molar-refractivity contribution in [2.75, 3.05) is 4.90 Å². The lowest BCUT2D eigenvalue weighted by Gasteiger charge is -2.28. The van der Waals surface area contributed by atoms with E-state index >= 15 is 0 Å². The molecular formula is C44H29NO. The first-order chi connectivity index (χ1) is 22.8. The quantitative estimate of drug-likeness (QED) is 0.199. The van der Waals surface area contributed by atoms with E-state index in [4.69, 9.17) is 4.42 Å². The summed E-state index contributed by atoms with van der Waals surface area (Å²) in [6.07, 6.45) is 0. The van der Waals surface area contributed by atoms with E-state index in [1.807, 2.05) is 0 Å². The molecular weight excluding hydrogens is 558 g/mol. The number of hydrogen-bond acceptors (Lipinski definition) is 2. The van der Waals surface area contributed by atoms with Gasteiger partial charge < -0.3 is 9.32 Å². The molecule has 46 heavy (non-hydrogen) atoms. The summed E-state index contributed by atoms with van der Waals surface area (Å²) in [7, 11) is 0. The van der Waals surface area contributed by atoms with Crippen molar-refractivity contribution in [1.82, 2.24) is 0 Å². The molecule has 0 unspecified atom stereocenters. The molecule has 0 aliphatic carbocycles. The fraction of sp³-hybridized carbons (Fsp3) is 0. The van der Waals surface area contributed by atoms with Crippen molar-refractivity contribution in [3.63, 3.8) is 0 Å². The number of benzene rings is 8. The second-order valence-corrected chi connectivity index (χ2v) is 11.8. The monoisotopic (exact) mass is 587 g/mol. The summed E-state index contributed by atoms with van der Waals surface area (Å²) in [5.74, 6) is 0. The van der Waals surface area contributed by atoms with Crippen LogP contribution in [0.1, 0.15) is 0 Å². The largest absolute Gasteiger partial charge is 0.456 e. The van der Waals surface area contributed by atoms with Gasteiger partial charge in [-0.15, -0.1) is 0 Å². The summed E-state index contributed by atoms with van der Waals surface area (Å²) in [6.45, 7) is 0. The molecule has 216 valence electrons. The van der Waals surface area contributed by atoms with Gasteiger partial charge in [0.05, 0.1) is 5.69 Å². The Bertz CT molecular complexity index is 2510. The van der Waals surface area contributed by atoms with Crippen LogP contribution in [-0.2, 0) is 0 Å². The number of fused-ring (bicyclic) bond motifs is 6. The Kier molecular flexibility index (Phi) is 6.17. The number of furan rings is 1. The molecule has 0 saturated carbocycles. The Balaban J connectivity index is 1.35. The van der Waals surface area contributed by atoms with E-state index in [-0.39, 0.29) is 0 Å². The Morgan fingerprint density at radius 3 is 1.76 bits per heavy atom. The average Bonchev–Trinajstić information content (AvgIpc) is 3.50. The van der Waals surface area contributed by atoms with E-state index in [2.05, 4.69) is 181 Å². The highest BCUT2D eigenvalue weighted by atomic mass is 16.3. The molecule has 0 spiro atoms. The zero-order valence-corrected chi connectivity index (χ0v) is 25.1. The molecule has 0 N–H and O–H groups in total. The summed E-state index contributed by atoms with van der Waals surface area (Å²) in [4.78, 5) is 2.40. The maximum absolute atomic E-state index is 6.57. The highest BCUT2D eigenvalue weighted by molar-refractivity contribution is 6.20. The molecule has 8 aromatic carbocycles. The predicted octanol–water partition coefficient (Wildman–Crippen LogP) is 12.7. The van der Waals surface area contributed by atoms with E-state index < -0.39 is 0 Å². The molecule has 0 bridgehead atoms. The van der Waals surface area contributed by atoms with Gasteiger partial charge in [0, 0.05) is 27.7 Å². The summed E-state index contributed by atoms with van der Waals surface area (Å²) < 4.78 is 6.57. The number of anilines is 3. The van der Waals surface area contributed by atoms with Crippen LogP contribution < -0.4 is 4.90 Å². The van der Waals surface area contributed by atoms with Crippen molar-refractivity contribution >= 4 is 60.5 Å². The van der Waals surface area contributed by atoms with Gasteiger partial charge in [-0.3, -0.25) is 0 Å². The standard InChI is InChI=1S/C44H29NO/c1-3-11-30(12-4-1)32-19-23-36(24-20-32)45(37-25-21-31-13-7-8-17-35(31)27-37)41-28-40-43(29-39(41)33-14-5-2-6-15-33)46-42-26-22-34-16-9-10-18-38(34)44(40)42/h1-29H. The van der Waals surface area contributed by atoms with Gasteiger partial charge in [-0.05, 0) is 80.7 Å². The second-order valence-electron chi connectivity index (χ2n) is 11.8. The average molecular weight is 588 g/mol. The zero-order valence-electron chi connectivity index (χ0n) is 25.1. The maximum Gasteiger partial charge on any atom is 0.136 e. The summed E-state index contributed by atoms with van der Waals surface area (Å²) in [5.41, 5.74) is 9.69. The van der Waals surface area contributed by atoms with Gasteiger partial charge in [0.15, 0.2) is 0 Å². The summed E-state index contributed by atoms with van der Waals surface area (Å²) in [6, 6.07) is 62.8. The molecule has 0 radical (unpaired) electrons. The van der Waals surface area contributed by atoms with Crippen molar-refractivity contribution in [3.05, 3.63) is 176 Å². The van der Waals surface area contributed by atoms with Gasteiger partial charge in [0.1, 0.15) is 11.2 Å². The van der Waals surface area contributed by atoms with Crippen LogP contribution >= 0.6 is 0 Å². The van der Waals surface area contributed by atoms with Crippen LogP contribution in [-0.4, -0.2) is 0 Å². The SMILES string of the molecule is c1ccc(-c2ccc(N(c3ccc4ccccc4c3)c3cc4c(cc3-c3ccccc3)oc3ccc5ccccc5c34)cc2)cc1. The van der Waals surface area contributed by atoms with Gasteiger partial charge in [0.2, 0.25) is 0 Å². The zero-order chi connectivity index (χ0) is 30.5. The van der Waals surface area contributed by atoms with Gasteiger partial charge in [-0.1, -0.05) is 133 Å². The minimum absolute atomic E-state index is 0.881. The van der Waals surface area contributed by atoms with Crippen molar-refractivity contribution < 1.29 is 4.42 Å². The third-order valence-corrected chi connectivity index (χ3v) is 9.03. The first kappa shape index (κ1) is 26.3. The van der Waals surface area contributed by atoms with Crippen LogP contribution in [0.25, 0.3) is 65.7 Å². The van der Waals surface area contributed by atoms with Crippen molar-refractivity contribution in [2.45, 2.75) is 0 Å². The van der Waals surface area contributed by atoms with E-state index in [0.29, 0.717) is 0 Å². The Morgan fingerprint density at radius 1 is 0.370 bits per heavy atom. The normalized spacial score (nSPS) is 11.5. The fourth-order valence-electron chi connectivity index (χ4n) is 6.79. The Morgan fingerprint density at radius 2 is 0.978 bits per heavy atom. The van der Waals surface area contributed by atoms with Crippen molar-refractivity contribution in [1.29, 1.82) is 0 Å². The van der Waals surface area contributed by atoms with Crippen LogP contribution in [0.15, 0.2) is 180 Å². The topological polar surface area (TPSA) is 16.4 Å². The van der Waals surface area contributed by atoms with Gasteiger partial charge in [0.25, 0.3) is 0 Å². The molecule has 0 atom stereocenters. The van der Waals surface area contributed by atoms with E-state index in [0.717, 1.165) is 50.1 Å². The molecule has 2 heteroatoms. The Hall–Kier alpha value is -6.12. The predicted molar refractivity (Wildman–Crippen MR) is 194 cm³/mol. The molecule has 1 aromatic heterocycles. The maximum atomic E-state index is 6.57. The molecule has 9 rings (SSSR count). The minimum Gasteiger partial charge on any atom is -0.456 e. The molecule has 0 amide bonds. The fourth-order valence-corrected chi connectivity index (χ4v) is 6.79. The first-order valence-corrected chi connectivity index (χ1v) is 15.7. The molecule has 0 aliphatic rings. The Labute approximate surface area is 267 Å². The lowest BCUT2D eigenvalue weighted by atomic mass is 9.97. The molecule has 0 saturated heterocycles. The molecule has 0 aliphatic heterocycles. The van der Waals surface area contributed by atoms with Crippen LogP contribution in [0.2, 0.25) is 0 Å². The summed E-state index contributed by atoms with van der Waals surface area (Å²) in [5, 5.41) is 7.07. The molecule has 9 aromatic rings. The third-order valence-electron chi connectivity index (χ3n) is 9.03. The summed E-state index contributed by atoms with van der Waals surface area (Å²) >= 11 is 0. The number of hydrogen-bond donors (Lipinski definition) is 0.